The third-order valence-corrected chi connectivity index (χ3v) is 4.70. The van der Waals surface area contributed by atoms with Crippen molar-refractivity contribution in [2.24, 2.45) is 11.5 Å². The van der Waals surface area contributed by atoms with E-state index in [4.69, 9.17) is 27.0 Å². The van der Waals surface area contributed by atoms with Crippen molar-refractivity contribution < 1.29 is 24.9 Å². The molecule has 9 N–H and O–H groups in total. The maximum atomic E-state index is 10.8. The van der Waals surface area contributed by atoms with Crippen LogP contribution in [-0.4, -0.2) is 71.2 Å². The van der Waals surface area contributed by atoms with Gasteiger partial charge in [0.2, 0.25) is 0 Å². The fourth-order valence-corrected chi connectivity index (χ4v) is 3.14. The predicted molar refractivity (Wildman–Crippen MR) is 93.1 cm³/mol. The topological polar surface area (TPSA) is 209 Å². The van der Waals surface area contributed by atoms with Gasteiger partial charge in [-0.1, -0.05) is 0 Å². The van der Waals surface area contributed by atoms with E-state index in [2.05, 4.69) is 15.0 Å². The van der Waals surface area contributed by atoms with E-state index in [9.17, 15) is 15.0 Å². The summed E-state index contributed by atoms with van der Waals surface area (Å²) in [5.41, 5.74) is 18.0. The first-order valence-electron chi connectivity index (χ1n) is 8.48. The Morgan fingerprint density at radius 2 is 1.96 bits per heavy atom. The number of nitrogens with two attached hydrogens (primary N) is 3. The van der Waals surface area contributed by atoms with Crippen LogP contribution >= 0.6 is 0 Å². The minimum atomic E-state index is -1.22. The van der Waals surface area contributed by atoms with Gasteiger partial charge in [-0.25, -0.2) is 15.0 Å². The van der Waals surface area contributed by atoms with Gasteiger partial charge in [0.15, 0.2) is 17.7 Å². The molecule has 148 valence electrons. The number of anilines is 1. The van der Waals surface area contributed by atoms with Gasteiger partial charge < -0.3 is 37.3 Å². The number of rotatable bonds is 7. The number of imidazole rings is 1. The number of carboxylic acid groups (broad SMARTS) is 1. The Morgan fingerprint density at radius 3 is 2.67 bits per heavy atom. The number of ether oxygens (including phenoxy) is 1. The van der Waals surface area contributed by atoms with E-state index in [1.807, 2.05) is 0 Å². The van der Waals surface area contributed by atoms with Gasteiger partial charge in [0.05, 0.1) is 12.4 Å². The molecule has 1 saturated heterocycles. The van der Waals surface area contributed by atoms with E-state index in [0.717, 1.165) is 0 Å². The lowest BCUT2D eigenvalue weighted by Crippen LogP contribution is -2.37. The van der Waals surface area contributed by atoms with Crippen LogP contribution in [-0.2, 0) is 9.53 Å². The summed E-state index contributed by atoms with van der Waals surface area (Å²) >= 11 is 0. The predicted octanol–water partition coefficient (Wildman–Crippen LogP) is -2.06. The molecule has 0 spiro atoms. The van der Waals surface area contributed by atoms with Gasteiger partial charge in [-0.05, 0) is 19.3 Å². The summed E-state index contributed by atoms with van der Waals surface area (Å²) in [6.45, 7) is 0. The van der Waals surface area contributed by atoms with Gasteiger partial charge in [0.25, 0.3) is 0 Å². The van der Waals surface area contributed by atoms with E-state index in [1.54, 1.807) is 0 Å². The van der Waals surface area contributed by atoms with E-state index in [1.165, 1.54) is 17.2 Å². The molecule has 0 saturated carbocycles. The zero-order valence-corrected chi connectivity index (χ0v) is 14.4. The summed E-state index contributed by atoms with van der Waals surface area (Å²) in [5.74, 6) is -0.900. The highest BCUT2D eigenvalue weighted by Gasteiger charge is 2.44. The van der Waals surface area contributed by atoms with Gasteiger partial charge in [-0.2, -0.15) is 0 Å². The van der Waals surface area contributed by atoms with Gasteiger partial charge >= 0.3 is 5.97 Å². The Labute approximate surface area is 154 Å². The zero-order valence-electron chi connectivity index (χ0n) is 14.4. The molecule has 2 aromatic heterocycles. The largest absolute Gasteiger partial charge is 0.480 e. The van der Waals surface area contributed by atoms with Crippen LogP contribution in [0.4, 0.5) is 5.82 Å². The molecule has 0 aliphatic carbocycles. The van der Waals surface area contributed by atoms with Crippen LogP contribution in [0, 0.1) is 0 Å². The SMILES string of the molecule is Nc1ncnc2c1ncn2C1O[C@H](C[C@@H](N)CC[C@@H](N)C(=O)O)[C@@H](O)[C@H]1O. The van der Waals surface area contributed by atoms with E-state index in [0.29, 0.717) is 17.6 Å². The molecule has 1 unspecified atom stereocenters. The Balaban J connectivity index is 1.68. The van der Waals surface area contributed by atoms with Crippen LogP contribution in [0.1, 0.15) is 25.5 Å². The molecule has 1 fully saturated rings. The quantitative estimate of drug-likeness (QED) is 0.307. The van der Waals surface area contributed by atoms with Crippen LogP contribution in [0.3, 0.4) is 0 Å². The molecule has 3 rings (SSSR count). The number of carbonyl (C=O) groups is 1. The maximum Gasteiger partial charge on any atom is 0.320 e. The highest BCUT2D eigenvalue weighted by atomic mass is 16.6. The van der Waals surface area contributed by atoms with Gasteiger partial charge in [-0.15, -0.1) is 0 Å². The Hall–Kier alpha value is -2.38. The van der Waals surface area contributed by atoms with Crippen LogP contribution in [0.15, 0.2) is 12.7 Å². The number of nitrogens with zero attached hydrogens (tertiary/aromatic N) is 4. The standard InChI is InChI=1S/C15H23N7O5/c16-6(1-2-7(17)15(25)26)3-8-10(23)11(24)14(27-8)22-5-21-9-12(18)19-4-20-13(9)22/h4-8,10-11,14,23-24H,1-3,16-17H2,(H,25,26)(H2,18,19,20)/t6-,7+,8+,10+,11+,14?/m0/s1. The summed E-state index contributed by atoms with van der Waals surface area (Å²) in [5, 5.41) is 29.5. The van der Waals surface area contributed by atoms with Crippen molar-refractivity contribution in [2.45, 2.75) is 55.9 Å². The number of hydrogen-bond donors (Lipinski definition) is 6. The number of carboxylic acids is 1. The first-order chi connectivity index (χ1) is 12.8. The van der Waals surface area contributed by atoms with Crippen molar-refractivity contribution in [1.82, 2.24) is 19.5 Å². The second-order valence-electron chi connectivity index (χ2n) is 6.65. The monoisotopic (exact) mass is 381 g/mol. The molecule has 1 aliphatic heterocycles. The molecule has 12 heteroatoms. The van der Waals surface area contributed by atoms with Crippen molar-refractivity contribution >= 4 is 23.0 Å². The molecule has 3 heterocycles. The average Bonchev–Trinajstić information content (AvgIpc) is 3.17. The Morgan fingerprint density at radius 1 is 1.22 bits per heavy atom. The molecule has 0 radical (unpaired) electrons. The van der Waals surface area contributed by atoms with Gasteiger partial charge in [-0.3, -0.25) is 9.36 Å². The number of fused-ring (bicyclic) bond motifs is 1. The molecule has 6 atom stereocenters. The van der Waals surface area contributed by atoms with Crippen molar-refractivity contribution in [3.05, 3.63) is 12.7 Å². The number of hydrogen-bond acceptors (Lipinski definition) is 10. The van der Waals surface area contributed by atoms with Crippen molar-refractivity contribution in [3.8, 4) is 0 Å². The number of aromatic nitrogens is 4. The minimum absolute atomic E-state index is 0.195. The van der Waals surface area contributed by atoms with Crippen molar-refractivity contribution in [3.63, 3.8) is 0 Å². The molecule has 27 heavy (non-hydrogen) atoms. The van der Waals surface area contributed by atoms with E-state index in [-0.39, 0.29) is 18.7 Å². The highest BCUT2D eigenvalue weighted by Crippen LogP contribution is 2.33. The average molecular weight is 381 g/mol. The lowest BCUT2D eigenvalue weighted by molar-refractivity contribution is -0.138. The first kappa shape index (κ1) is 19.4. The molecular weight excluding hydrogens is 358 g/mol. The number of aliphatic carboxylic acids is 1. The van der Waals surface area contributed by atoms with Crippen LogP contribution < -0.4 is 17.2 Å². The van der Waals surface area contributed by atoms with Crippen molar-refractivity contribution in [1.29, 1.82) is 0 Å². The second kappa shape index (κ2) is 7.70. The molecule has 12 nitrogen and oxygen atoms in total. The highest BCUT2D eigenvalue weighted by molar-refractivity contribution is 5.81. The molecule has 1 aliphatic rings. The number of aliphatic hydroxyl groups is 2. The Kier molecular flexibility index (Phi) is 5.53. The molecular formula is C15H23N7O5. The number of aliphatic hydroxyl groups excluding tert-OH is 2. The third-order valence-electron chi connectivity index (χ3n) is 4.70. The molecule has 0 aromatic carbocycles. The van der Waals surface area contributed by atoms with Crippen LogP contribution in [0.25, 0.3) is 11.2 Å². The summed E-state index contributed by atoms with van der Waals surface area (Å²) in [6, 6.07) is -1.44. The fraction of sp³-hybridized carbons (Fsp3) is 0.600. The summed E-state index contributed by atoms with van der Waals surface area (Å²) in [6.07, 6.45) is -0.604. The second-order valence-corrected chi connectivity index (χ2v) is 6.65. The smallest absolute Gasteiger partial charge is 0.320 e. The van der Waals surface area contributed by atoms with E-state index < -0.39 is 42.6 Å². The molecule has 0 bridgehead atoms. The number of nitrogen functional groups attached to an aromatic ring is 1. The summed E-state index contributed by atoms with van der Waals surface area (Å²) in [4.78, 5) is 22.8. The molecule has 0 amide bonds. The lowest BCUT2D eigenvalue weighted by atomic mass is 9.98. The molecule has 2 aromatic rings. The summed E-state index contributed by atoms with van der Waals surface area (Å²) in [7, 11) is 0. The van der Waals surface area contributed by atoms with Crippen LogP contribution in [0.5, 0.6) is 0 Å². The van der Waals surface area contributed by atoms with E-state index >= 15 is 0 Å². The van der Waals surface area contributed by atoms with Gasteiger partial charge in [0, 0.05) is 6.04 Å². The van der Waals surface area contributed by atoms with Gasteiger partial charge in [0.1, 0.15) is 30.1 Å². The first-order valence-corrected chi connectivity index (χ1v) is 8.48. The lowest BCUT2D eigenvalue weighted by Gasteiger charge is -2.20. The minimum Gasteiger partial charge on any atom is -0.480 e. The Bertz CT molecular complexity index is 815. The third kappa shape index (κ3) is 3.84. The van der Waals surface area contributed by atoms with Crippen LogP contribution in [0.2, 0.25) is 0 Å². The zero-order chi connectivity index (χ0) is 19.7. The maximum absolute atomic E-state index is 10.8. The normalized spacial score (nSPS) is 27.7. The fourth-order valence-electron chi connectivity index (χ4n) is 3.14. The van der Waals surface area contributed by atoms with Crippen molar-refractivity contribution in [2.75, 3.05) is 5.73 Å². The summed E-state index contributed by atoms with van der Waals surface area (Å²) < 4.78 is 7.28.